The summed E-state index contributed by atoms with van der Waals surface area (Å²) in [7, 11) is 0. The van der Waals surface area contributed by atoms with Crippen LogP contribution in [0.4, 0.5) is 17.6 Å². The first-order valence-electron chi connectivity index (χ1n) is 9.03. The van der Waals surface area contributed by atoms with E-state index in [0.29, 0.717) is 23.6 Å². The van der Waals surface area contributed by atoms with Crippen LogP contribution >= 0.6 is 0 Å². The number of nitrogens with zero attached hydrogens (tertiary/aromatic N) is 1. The molecule has 1 unspecified atom stereocenters. The largest absolute Gasteiger partial charge is 0.251 e. The minimum atomic E-state index is -1.78. The molecule has 2 aromatic rings. The van der Waals surface area contributed by atoms with Crippen LogP contribution in [0.2, 0.25) is 0 Å². The molecule has 7 heteroatoms. The van der Waals surface area contributed by atoms with E-state index in [9.17, 15) is 22.8 Å². The lowest BCUT2D eigenvalue weighted by atomic mass is 9.79. The van der Waals surface area contributed by atoms with Crippen molar-refractivity contribution in [1.29, 1.82) is 5.26 Å². The van der Waals surface area contributed by atoms with E-state index >= 15 is 0 Å². The van der Waals surface area contributed by atoms with Gasteiger partial charge in [-0.2, -0.15) is 5.26 Å². The lowest BCUT2D eigenvalue weighted by Gasteiger charge is -2.27. The van der Waals surface area contributed by atoms with E-state index < -0.39 is 40.5 Å². The molecule has 0 aromatic heterocycles. The molecule has 0 saturated heterocycles. The maximum absolute atomic E-state index is 14.7. The maximum Gasteiger partial charge on any atom is 0.149 e. The van der Waals surface area contributed by atoms with E-state index in [0.717, 1.165) is 25.7 Å². The third-order valence-corrected chi connectivity index (χ3v) is 5.44. The van der Waals surface area contributed by atoms with Gasteiger partial charge in [0.25, 0.3) is 0 Å². The minimum Gasteiger partial charge on any atom is -0.251 e. The second kappa shape index (κ2) is 8.29. The smallest absolute Gasteiger partial charge is 0.149 e. The van der Waals surface area contributed by atoms with Crippen LogP contribution in [0, 0.1) is 40.5 Å². The molecule has 1 fully saturated rings. The Morgan fingerprint density at radius 2 is 1.50 bits per heavy atom. The predicted molar refractivity (Wildman–Crippen MR) is 93.4 cm³/mol. The molecule has 0 bridgehead atoms. The van der Waals surface area contributed by atoms with Gasteiger partial charge in [0.15, 0.2) is 0 Å². The summed E-state index contributed by atoms with van der Waals surface area (Å²) in [4.78, 5) is 4.17. The number of rotatable bonds is 4. The molecule has 3 nitrogen and oxygen atoms in total. The average molecular weight is 393 g/mol. The molecule has 0 heterocycles. The predicted octanol–water partition coefficient (Wildman–Crippen LogP) is 5.99. The molecular formula is C21H19F4NO2. The van der Waals surface area contributed by atoms with Gasteiger partial charge in [-0.05, 0) is 60.1 Å². The molecule has 3 rings (SSSR count). The summed E-state index contributed by atoms with van der Waals surface area (Å²) >= 11 is 0. The minimum absolute atomic E-state index is 0.0348. The molecule has 1 atom stereocenters. The Hall–Kier alpha value is -2.43. The standard InChI is InChI=1S/C21H19F4NO2/c1-11-2-4-12(5-3-11)13-6-18(24)20(19(25)7-13)21(28-27)14-8-16(22)15(10-26)17(23)9-14/h6-9,11-12,21,27H,2-5H2,1H3. The fourth-order valence-electron chi connectivity index (χ4n) is 3.81. The van der Waals surface area contributed by atoms with E-state index in [1.54, 1.807) is 0 Å². The van der Waals surface area contributed by atoms with Crippen LogP contribution in [0.3, 0.4) is 0 Å². The van der Waals surface area contributed by atoms with Gasteiger partial charge in [0, 0.05) is 0 Å². The third kappa shape index (κ3) is 3.89. The summed E-state index contributed by atoms with van der Waals surface area (Å²) in [5.74, 6) is -3.76. The highest BCUT2D eigenvalue weighted by Gasteiger charge is 2.28. The fourth-order valence-corrected chi connectivity index (χ4v) is 3.81. The molecular weight excluding hydrogens is 374 g/mol. The van der Waals surface area contributed by atoms with Crippen molar-refractivity contribution in [3.8, 4) is 6.07 Å². The number of hydrogen-bond donors (Lipinski definition) is 1. The molecule has 1 aliphatic rings. The Labute approximate surface area is 160 Å². The van der Waals surface area contributed by atoms with Gasteiger partial charge in [-0.1, -0.05) is 19.8 Å². The monoisotopic (exact) mass is 393 g/mol. The first-order valence-corrected chi connectivity index (χ1v) is 9.03. The highest BCUT2D eigenvalue weighted by Crippen LogP contribution is 2.38. The molecule has 1 N–H and O–H groups in total. The van der Waals surface area contributed by atoms with Gasteiger partial charge >= 0.3 is 0 Å². The van der Waals surface area contributed by atoms with Crippen molar-refractivity contribution in [2.24, 2.45) is 5.92 Å². The van der Waals surface area contributed by atoms with Crippen molar-refractivity contribution in [3.05, 3.63) is 69.8 Å². The van der Waals surface area contributed by atoms with Crippen molar-refractivity contribution >= 4 is 0 Å². The van der Waals surface area contributed by atoms with Crippen LogP contribution in [0.25, 0.3) is 0 Å². The summed E-state index contributed by atoms with van der Waals surface area (Å²) < 4.78 is 57.2. The second-order valence-corrected chi connectivity index (χ2v) is 7.31. The molecule has 0 amide bonds. The van der Waals surface area contributed by atoms with Crippen LogP contribution in [0.5, 0.6) is 0 Å². The lowest BCUT2D eigenvalue weighted by Crippen LogP contribution is -2.14. The molecule has 0 spiro atoms. The molecule has 0 aliphatic heterocycles. The van der Waals surface area contributed by atoms with E-state index in [2.05, 4.69) is 11.8 Å². The van der Waals surface area contributed by atoms with Gasteiger partial charge in [0.2, 0.25) is 0 Å². The number of hydrogen-bond acceptors (Lipinski definition) is 3. The summed E-state index contributed by atoms with van der Waals surface area (Å²) in [5.41, 5.74) is -1.32. The number of halogens is 4. The zero-order valence-corrected chi connectivity index (χ0v) is 15.2. The quantitative estimate of drug-likeness (QED) is 0.395. The van der Waals surface area contributed by atoms with Gasteiger partial charge in [-0.15, -0.1) is 0 Å². The summed E-state index contributed by atoms with van der Waals surface area (Å²) in [6.07, 6.45) is 1.82. The van der Waals surface area contributed by atoms with Gasteiger partial charge in [-0.25, -0.2) is 22.4 Å². The van der Waals surface area contributed by atoms with Crippen molar-refractivity contribution in [2.75, 3.05) is 0 Å². The van der Waals surface area contributed by atoms with Crippen LogP contribution in [0.1, 0.15) is 66.9 Å². The van der Waals surface area contributed by atoms with Crippen LogP contribution < -0.4 is 0 Å². The van der Waals surface area contributed by atoms with Gasteiger partial charge in [0.1, 0.15) is 41.0 Å². The van der Waals surface area contributed by atoms with E-state index in [-0.39, 0.29) is 11.5 Å². The third-order valence-electron chi connectivity index (χ3n) is 5.44. The fraction of sp³-hybridized carbons (Fsp3) is 0.381. The Morgan fingerprint density at radius 1 is 0.964 bits per heavy atom. The Morgan fingerprint density at radius 3 is 1.96 bits per heavy atom. The Kier molecular flexibility index (Phi) is 6.01. The Bertz CT molecular complexity index is 871. The van der Waals surface area contributed by atoms with Crippen LogP contribution in [-0.2, 0) is 4.89 Å². The zero-order valence-electron chi connectivity index (χ0n) is 15.2. The summed E-state index contributed by atoms with van der Waals surface area (Å²) in [6, 6.07) is 5.13. The first-order chi connectivity index (χ1) is 13.3. The van der Waals surface area contributed by atoms with Gasteiger partial charge in [-0.3, -0.25) is 5.26 Å². The van der Waals surface area contributed by atoms with Crippen molar-refractivity contribution in [1.82, 2.24) is 0 Å². The maximum atomic E-state index is 14.7. The SMILES string of the molecule is CC1CCC(c2cc(F)c(C(OO)c3cc(F)c(C#N)c(F)c3)c(F)c2)CC1. The van der Waals surface area contributed by atoms with E-state index in [1.807, 2.05) is 0 Å². The topological polar surface area (TPSA) is 53.2 Å². The number of benzene rings is 2. The van der Waals surface area contributed by atoms with Crippen molar-refractivity contribution in [3.63, 3.8) is 0 Å². The average Bonchev–Trinajstić information content (AvgIpc) is 2.64. The van der Waals surface area contributed by atoms with Crippen LogP contribution in [-0.4, -0.2) is 5.26 Å². The van der Waals surface area contributed by atoms with Crippen LogP contribution in [0.15, 0.2) is 24.3 Å². The van der Waals surface area contributed by atoms with Crippen molar-refractivity contribution < 1.29 is 27.7 Å². The van der Waals surface area contributed by atoms with E-state index in [1.165, 1.54) is 18.2 Å². The molecule has 148 valence electrons. The number of nitriles is 1. The Balaban J connectivity index is 1.99. The highest BCUT2D eigenvalue weighted by molar-refractivity contribution is 5.40. The second-order valence-electron chi connectivity index (χ2n) is 7.31. The lowest BCUT2D eigenvalue weighted by molar-refractivity contribution is -0.271. The van der Waals surface area contributed by atoms with E-state index in [4.69, 9.17) is 5.26 Å². The van der Waals surface area contributed by atoms with Gasteiger partial charge < -0.3 is 0 Å². The normalized spacial score (nSPS) is 20.6. The highest BCUT2D eigenvalue weighted by atomic mass is 19.1. The first kappa shape index (κ1) is 20.3. The van der Waals surface area contributed by atoms with Crippen molar-refractivity contribution in [2.45, 2.75) is 44.6 Å². The molecule has 0 radical (unpaired) electrons. The summed E-state index contributed by atoms with van der Waals surface area (Å²) in [5, 5.41) is 17.9. The van der Waals surface area contributed by atoms with Gasteiger partial charge in [0.05, 0.1) is 5.56 Å². The molecule has 2 aromatic carbocycles. The molecule has 28 heavy (non-hydrogen) atoms. The summed E-state index contributed by atoms with van der Waals surface area (Å²) in [6.45, 7) is 2.14. The zero-order chi connectivity index (χ0) is 20.4. The molecule has 1 aliphatic carbocycles. The molecule has 1 saturated carbocycles.